The number of ether oxygens (including phenoxy) is 1. The predicted molar refractivity (Wildman–Crippen MR) is 65.2 cm³/mol. The first-order valence-corrected chi connectivity index (χ1v) is 6.29. The van der Waals surface area contributed by atoms with Gasteiger partial charge in [-0.15, -0.1) is 6.42 Å². The molecule has 1 heterocycles. The fourth-order valence-electron chi connectivity index (χ4n) is 2.22. The van der Waals surface area contributed by atoms with Crippen LogP contribution in [0.2, 0.25) is 0 Å². The van der Waals surface area contributed by atoms with Gasteiger partial charge in [-0.3, -0.25) is 4.90 Å². The van der Waals surface area contributed by atoms with Crippen LogP contribution in [0.25, 0.3) is 0 Å². The lowest BCUT2D eigenvalue weighted by atomic mass is 10.2. The minimum absolute atomic E-state index is 0.379. The van der Waals surface area contributed by atoms with Gasteiger partial charge in [-0.1, -0.05) is 5.92 Å². The van der Waals surface area contributed by atoms with Crippen molar-refractivity contribution in [2.24, 2.45) is 0 Å². The minimum Gasteiger partial charge on any atom is -0.372 e. The summed E-state index contributed by atoms with van der Waals surface area (Å²) >= 11 is 0. The van der Waals surface area contributed by atoms with Gasteiger partial charge < -0.3 is 10.1 Å². The van der Waals surface area contributed by atoms with Crippen LogP contribution >= 0.6 is 0 Å². The molecule has 2 unspecified atom stereocenters. The molecule has 90 valence electrons. The second kappa shape index (κ2) is 5.67. The zero-order valence-corrected chi connectivity index (χ0v) is 10.1. The van der Waals surface area contributed by atoms with E-state index in [9.17, 15) is 0 Å². The van der Waals surface area contributed by atoms with Crippen LogP contribution in [0.5, 0.6) is 0 Å². The lowest BCUT2D eigenvalue weighted by Gasteiger charge is -2.19. The molecular formula is C13H22N2O. The largest absolute Gasteiger partial charge is 0.372 e. The lowest BCUT2D eigenvalue weighted by Crippen LogP contribution is -2.32. The zero-order chi connectivity index (χ0) is 11.4. The third kappa shape index (κ3) is 3.79. The summed E-state index contributed by atoms with van der Waals surface area (Å²) in [6, 6.07) is 0.784. The molecule has 0 radical (unpaired) electrons. The van der Waals surface area contributed by atoms with Gasteiger partial charge in [0.05, 0.1) is 18.8 Å². The molecule has 2 fully saturated rings. The quantitative estimate of drug-likeness (QED) is 0.674. The maximum absolute atomic E-state index is 5.98. The Morgan fingerprint density at radius 1 is 1.31 bits per heavy atom. The summed E-state index contributed by atoms with van der Waals surface area (Å²) in [5.41, 5.74) is 0. The highest BCUT2D eigenvalue weighted by atomic mass is 16.5. The number of nitrogens with one attached hydrogen (secondary N) is 1. The van der Waals surface area contributed by atoms with Crippen molar-refractivity contribution < 1.29 is 4.74 Å². The molecule has 1 saturated heterocycles. The second-order valence-electron chi connectivity index (χ2n) is 5.04. The van der Waals surface area contributed by atoms with Crippen LogP contribution in [-0.4, -0.2) is 49.8 Å². The van der Waals surface area contributed by atoms with Crippen molar-refractivity contribution in [2.45, 2.75) is 43.9 Å². The van der Waals surface area contributed by atoms with Gasteiger partial charge in [0.25, 0.3) is 0 Å². The number of rotatable bonds is 6. The van der Waals surface area contributed by atoms with Crippen LogP contribution in [-0.2, 0) is 4.74 Å². The first-order valence-electron chi connectivity index (χ1n) is 6.29. The van der Waals surface area contributed by atoms with E-state index >= 15 is 0 Å². The van der Waals surface area contributed by atoms with Crippen molar-refractivity contribution in [3.8, 4) is 12.3 Å². The Morgan fingerprint density at radius 2 is 2.06 bits per heavy atom. The molecule has 1 aliphatic carbocycles. The Balaban J connectivity index is 1.60. The van der Waals surface area contributed by atoms with E-state index in [4.69, 9.17) is 11.2 Å². The maximum atomic E-state index is 5.98. The molecule has 2 rings (SSSR count). The molecule has 0 aromatic carbocycles. The molecule has 2 atom stereocenters. The summed E-state index contributed by atoms with van der Waals surface area (Å²) < 4.78 is 5.98. The molecule has 2 aliphatic rings. The molecule has 3 nitrogen and oxygen atoms in total. The predicted octanol–water partition coefficient (Wildman–Crippen LogP) is 0.851. The van der Waals surface area contributed by atoms with E-state index in [-0.39, 0.29) is 0 Å². The molecule has 0 aromatic heterocycles. The Kier molecular flexibility index (Phi) is 4.22. The molecule has 0 spiro atoms. The fourth-order valence-corrected chi connectivity index (χ4v) is 2.22. The van der Waals surface area contributed by atoms with E-state index in [1.807, 2.05) is 0 Å². The summed E-state index contributed by atoms with van der Waals surface area (Å²) in [4.78, 5) is 2.15. The van der Waals surface area contributed by atoms with Gasteiger partial charge >= 0.3 is 0 Å². The summed E-state index contributed by atoms with van der Waals surface area (Å²) in [5.74, 6) is 2.66. The average molecular weight is 222 g/mol. The first kappa shape index (κ1) is 11.9. The Bertz CT molecular complexity index is 257. The van der Waals surface area contributed by atoms with Gasteiger partial charge in [-0.2, -0.15) is 0 Å². The highest BCUT2D eigenvalue weighted by molar-refractivity contribution is 4.89. The van der Waals surface area contributed by atoms with E-state index in [0.29, 0.717) is 18.8 Å². The molecule has 1 N–H and O–H groups in total. The maximum Gasteiger partial charge on any atom is 0.0707 e. The van der Waals surface area contributed by atoms with Crippen molar-refractivity contribution in [1.82, 2.24) is 10.2 Å². The van der Waals surface area contributed by atoms with E-state index in [2.05, 4.69) is 23.2 Å². The van der Waals surface area contributed by atoms with Gasteiger partial charge in [-0.05, 0) is 32.7 Å². The van der Waals surface area contributed by atoms with Crippen molar-refractivity contribution in [2.75, 3.05) is 26.7 Å². The monoisotopic (exact) mass is 222 g/mol. The number of terminal acetylenes is 1. The van der Waals surface area contributed by atoms with Gasteiger partial charge in [0, 0.05) is 19.1 Å². The second-order valence-corrected chi connectivity index (χ2v) is 5.04. The standard InChI is InChI=1S/C13H22N2O/c1-3-8-15(2)10-13-7-6-12(16-13)9-14-11-4-5-11/h1,11-14H,4-10H2,2H3. The Hall–Kier alpha value is -0.560. The molecule has 0 bridgehead atoms. The van der Waals surface area contributed by atoms with Crippen LogP contribution in [0.1, 0.15) is 25.7 Å². The smallest absolute Gasteiger partial charge is 0.0707 e. The number of likely N-dealkylation sites (N-methyl/N-ethyl adjacent to an activating group) is 1. The fraction of sp³-hybridized carbons (Fsp3) is 0.846. The molecule has 16 heavy (non-hydrogen) atoms. The number of hydrogen-bond donors (Lipinski definition) is 1. The van der Waals surface area contributed by atoms with Crippen LogP contribution in [0.15, 0.2) is 0 Å². The van der Waals surface area contributed by atoms with E-state index in [0.717, 1.165) is 19.1 Å². The van der Waals surface area contributed by atoms with E-state index < -0.39 is 0 Å². The lowest BCUT2D eigenvalue weighted by molar-refractivity contribution is 0.0297. The van der Waals surface area contributed by atoms with E-state index in [1.54, 1.807) is 0 Å². The summed E-state index contributed by atoms with van der Waals surface area (Å²) in [7, 11) is 2.05. The first-order chi connectivity index (χ1) is 7.78. The normalized spacial score (nSPS) is 29.6. The molecule has 0 aromatic rings. The van der Waals surface area contributed by atoms with Crippen molar-refractivity contribution in [3.05, 3.63) is 0 Å². The molecule has 1 saturated carbocycles. The zero-order valence-electron chi connectivity index (χ0n) is 10.1. The summed E-state index contributed by atoms with van der Waals surface area (Å²) in [5, 5.41) is 3.53. The Labute approximate surface area is 98.5 Å². The van der Waals surface area contributed by atoms with Crippen LogP contribution in [0, 0.1) is 12.3 Å². The van der Waals surface area contributed by atoms with Gasteiger partial charge in [0.15, 0.2) is 0 Å². The average Bonchev–Trinajstić information content (AvgIpc) is 2.98. The van der Waals surface area contributed by atoms with Crippen molar-refractivity contribution in [3.63, 3.8) is 0 Å². The molecule has 0 amide bonds. The Morgan fingerprint density at radius 3 is 2.75 bits per heavy atom. The highest BCUT2D eigenvalue weighted by Gasteiger charge is 2.28. The van der Waals surface area contributed by atoms with Gasteiger partial charge in [-0.25, -0.2) is 0 Å². The molecule has 1 aliphatic heterocycles. The minimum atomic E-state index is 0.379. The van der Waals surface area contributed by atoms with Gasteiger partial charge in [0.2, 0.25) is 0 Å². The highest BCUT2D eigenvalue weighted by Crippen LogP contribution is 2.22. The number of nitrogens with zero attached hydrogens (tertiary/aromatic N) is 1. The van der Waals surface area contributed by atoms with Crippen LogP contribution < -0.4 is 5.32 Å². The summed E-state index contributed by atoms with van der Waals surface area (Å²) in [6.07, 6.45) is 11.1. The molecule has 3 heteroatoms. The van der Waals surface area contributed by atoms with Gasteiger partial charge in [0.1, 0.15) is 0 Å². The topological polar surface area (TPSA) is 24.5 Å². The van der Waals surface area contributed by atoms with Crippen LogP contribution in [0.3, 0.4) is 0 Å². The summed E-state index contributed by atoms with van der Waals surface area (Å²) in [6.45, 7) is 2.70. The van der Waals surface area contributed by atoms with Crippen molar-refractivity contribution in [1.29, 1.82) is 0 Å². The van der Waals surface area contributed by atoms with E-state index in [1.165, 1.54) is 25.7 Å². The van der Waals surface area contributed by atoms with Crippen LogP contribution in [0.4, 0.5) is 0 Å². The van der Waals surface area contributed by atoms with Crippen molar-refractivity contribution >= 4 is 0 Å². The number of hydrogen-bond acceptors (Lipinski definition) is 3. The SMILES string of the molecule is C#CCN(C)CC1CCC(CNC2CC2)O1. The third-order valence-corrected chi connectivity index (χ3v) is 3.28. The molecular weight excluding hydrogens is 200 g/mol. The third-order valence-electron chi connectivity index (χ3n) is 3.28.